The first kappa shape index (κ1) is 27.6. The maximum atomic E-state index is 12.1. The number of carbonyl (C=O) groups is 1. The highest BCUT2D eigenvalue weighted by Gasteiger charge is 2.42. The number of benzene rings is 2. The lowest BCUT2D eigenvalue weighted by Gasteiger charge is -2.29. The lowest BCUT2D eigenvalue weighted by Crippen LogP contribution is -2.29. The molecule has 2 N–H and O–H groups in total. The van der Waals surface area contributed by atoms with Crippen LogP contribution in [0.3, 0.4) is 0 Å². The number of pyridine rings is 1. The van der Waals surface area contributed by atoms with E-state index in [0.717, 1.165) is 34.0 Å². The van der Waals surface area contributed by atoms with E-state index in [9.17, 15) is 4.79 Å². The topological polar surface area (TPSA) is 71.4 Å². The molecular weight excluding hydrogens is 518 g/mol. The van der Waals surface area contributed by atoms with E-state index in [0.29, 0.717) is 5.11 Å². The Kier molecular flexibility index (Phi) is 7.74. The van der Waals surface area contributed by atoms with Crippen LogP contribution in [0.1, 0.15) is 51.4 Å². The number of ether oxygens (including phenoxy) is 1. The number of aromatic nitrogens is 2. The van der Waals surface area contributed by atoms with Gasteiger partial charge in [0.2, 0.25) is 5.91 Å². The van der Waals surface area contributed by atoms with E-state index in [-0.39, 0.29) is 24.6 Å². The highest BCUT2D eigenvalue weighted by molar-refractivity contribution is 7.80. The van der Waals surface area contributed by atoms with Crippen LogP contribution in [-0.4, -0.2) is 34.3 Å². The third-order valence-corrected chi connectivity index (χ3v) is 8.06. The zero-order valence-corrected chi connectivity index (χ0v) is 24.6. The van der Waals surface area contributed by atoms with E-state index < -0.39 is 0 Å². The summed E-state index contributed by atoms with van der Waals surface area (Å²) in [6, 6.07) is 20.4. The Bertz CT molecular complexity index is 1580. The van der Waals surface area contributed by atoms with Gasteiger partial charge in [-0.05, 0) is 112 Å². The number of rotatable bonds is 7. The van der Waals surface area contributed by atoms with E-state index in [1.54, 1.807) is 0 Å². The summed E-state index contributed by atoms with van der Waals surface area (Å²) in [7, 11) is 1.51. The molecule has 0 radical (unpaired) electrons. The van der Waals surface area contributed by atoms with Gasteiger partial charge in [0.05, 0.1) is 17.8 Å². The van der Waals surface area contributed by atoms with Crippen LogP contribution < -0.4 is 15.5 Å². The second-order valence-corrected chi connectivity index (χ2v) is 10.7. The number of nitrogens with zero attached hydrogens (tertiary/aromatic N) is 3. The van der Waals surface area contributed by atoms with E-state index in [2.05, 4.69) is 78.1 Å². The van der Waals surface area contributed by atoms with Crippen LogP contribution in [-0.2, 0) is 9.53 Å². The van der Waals surface area contributed by atoms with Crippen molar-refractivity contribution in [2.75, 3.05) is 23.9 Å². The van der Waals surface area contributed by atoms with Gasteiger partial charge in [0.25, 0.3) is 0 Å². The molecule has 1 amide bonds. The summed E-state index contributed by atoms with van der Waals surface area (Å²) < 4.78 is 7.31. The predicted octanol–water partition coefficient (Wildman–Crippen LogP) is 6.18. The van der Waals surface area contributed by atoms with E-state index in [1.807, 2.05) is 43.5 Å². The standard InChI is InChI=1S/C32H35N5O2S/c1-19-10-9-12-28(22(19)4)36-21(3)17-25(23(36)5)31-30(27-11-7-8-15-33-27)35-32(40)37(31)24-13-14-26(20(2)16-24)34-29(38)18-39-6/h7-17,30-31H,18H2,1-6H3,(H,34,38)(H,35,40)/t30-,31-/m1/s1. The molecule has 1 aliphatic heterocycles. The smallest absolute Gasteiger partial charge is 0.250 e. The predicted molar refractivity (Wildman–Crippen MR) is 164 cm³/mol. The van der Waals surface area contributed by atoms with Gasteiger partial charge < -0.3 is 24.8 Å². The molecule has 4 aromatic rings. The minimum absolute atomic E-state index is 0.00514. The number of nitrogens with one attached hydrogen (secondary N) is 2. The molecule has 0 bridgehead atoms. The summed E-state index contributed by atoms with van der Waals surface area (Å²) in [6.07, 6.45) is 1.82. The molecule has 8 heteroatoms. The second-order valence-electron chi connectivity index (χ2n) is 10.4. The molecule has 3 heterocycles. The molecule has 1 fully saturated rings. The Labute approximate surface area is 241 Å². The minimum Gasteiger partial charge on any atom is -0.375 e. The zero-order valence-electron chi connectivity index (χ0n) is 23.8. The molecular formula is C32H35N5O2S. The van der Waals surface area contributed by atoms with Gasteiger partial charge in [0.1, 0.15) is 6.61 Å². The molecule has 0 spiro atoms. The molecule has 206 valence electrons. The van der Waals surface area contributed by atoms with Gasteiger partial charge >= 0.3 is 0 Å². The number of carbonyl (C=O) groups excluding carboxylic acids is 1. The quantitative estimate of drug-likeness (QED) is 0.267. The fourth-order valence-corrected chi connectivity index (χ4v) is 5.99. The van der Waals surface area contributed by atoms with Gasteiger partial charge in [-0.2, -0.15) is 0 Å². The molecule has 0 saturated carbocycles. The summed E-state index contributed by atoms with van der Waals surface area (Å²) in [4.78, 5) is 19.0. The lowest BCUT2D eigenvalue weighted by atomic mass is 9.96. The molecule has 1 saturated heterocycles. The summed E-state index contributed by atoms with van der Waals surface area (Å²) in [5.74, 6) is -0.191. The van der Waals surface area contributed by atoms with E-state index in [4.69, 9.17) is 21.9 Å². The van der Waals surface area contributed by atoms with E-state index >= 15 is 0 Å². The van der Waals surface area contributed by atoms with Crippen molar-refractivity contribution in [3.05, 3.63) is 106 Å². The zero-order chi connectivity index (χ0) is 28.6. The highest BCUT2D eigenvalue weighted by Crippen LogP contribution is 2.44. The molecule has 2 atom stereocenters. The molecule has 0 unspecified atom stereocenters. The molecule has 1 aliphatic rings. The van der Waals surface area contributed by atoms with Crippen molar-refractivity contribution >= 4 is 34.6 Å². The van der Waals surface area contributed by atoms with Crippen molar-refractivity contribution in [2.24, 2.45) is 0 Å². The number of thiocarbonyl (C=S) groups is 1. The maximum absolute atomic E-state index is 12.1. The Morgan fingerprint density at radius 3 is 2.52 bits per heavy atom. The van der Waals surface area contributed by atoms with Crippen molar-refractivity contribution < 1.29 is 9.53 Å². The second kappa shape index (κ2) is 11.2. The number of anilines is 2. The normalized spacial score (nSPS) is 16.8. The average molecular weight is 554 g/mol. The molecule has 40 heavy (non-hydrogen) atoms. The van der Waals surface area contributed by atoms with Crippen LogP contribution >= 0.6 is 12.2 Å². The van der Waals surface area contributed by atoms with Gasteiger partial charge in [0, 0.05) is 41.8 Å². The van der Waals surface area contributed by atoms with Crippen molar-refractivity contribution in [1.82, 2.24) is 14.9 Å². The number of amides is 1. The van der Waals surface area contributed by atoms with Crippen LogP contribution in [0.15, 0.2) is 66.9 Å². The largest absolute Gasteiger partial charge is 0.375 e. The summed E-state index contributed by atoms with van der Waals surface area (Å²) in [5, 5.41) is 7.12. The van der Waals surface area contributed by atoms with Gasteiger partial charge in [-0.25, -0.2) is 0 Å². The van der Waals surface area contributed by atoms with Crippen LogP contribution in [0.5, 0.6) is 0 Å². The van der Waals surface area contributed by atoms with Crippen LogP contribution in [0.25, 0.3) is 5.69 Å². The third kappa shape index (κ3) is 5.00. The van der Waals surface area contributed by atoms with Crippen molar-refractivity contribution in [2.45, 2.75) is 46.7 Å². The Morgan fingerprint density at radius 2 is 1.82 bits per heavy atom. The first-order valence-electron chi connectivity index (χ1n) is 13.4. The van der Waals surface area contributed by atoms with E-state index in [1.165, 1.54) is 29.5 Å². The van der Waals surface area contributed by atoms with Gasteiger partial charge in [-0.1, -0.05) is 18.2 Å². The Morgan fingerprint density at radius 1 is 1.02 bits per heavy atom. The number of hydrogen-bond donors (Lipinski definition) is 2. The van der Waals surface area contributed by atoms with Gasteiger partial charge in [0.15, 0.2) is 5.11 Å². The molecule has 5 rings (SSSR count). The number of methoxy groups -OCH3 is 1. The molecule has 0 aliphatic carbocycles. The summed E-state index contributed by atoms with van der Waals surface area (Å²) >= 11 is 5.97. The van der Waals surface area contributed by atoms with Gasteiger partial charge in [-0.3, -0.25) is 9.78 Å². The first-order chi connectivity index (χ1) is 19.2. The number of aryl methyl sites for hydroxylation is 3. The van der Waals surface area contributed by atoms with Crippen LogP contribution in [0.2, 0.25) is 0 Å². The average Bonchev–Trinajstić information content (AvgIpc) is 3.42. The Balaban J connectivity index is 1.63. The fourth-order valence-electron chi connectivity index (χ4n) is 5.64. The first-order valence-corrected chi connectivity index (χ1v) is 13.8. The third-order valence-electron chi connectivity index (χ3n) is 7.74. The fraction of sp³-hybridized carbons (Fsp3) is 0.281. The SMILES string of the molecule is COCC(=O)Nc1ccc(N2C(=S)N[C@H](c3ccccn3)[C@H]2c2cc(C)n(-c3cccc(C)c3C)c2C)cc1C. The minimum atomic E-state index is -0.191. The number of hydrogen-bond acceptors (Lipinski definition) is 4. The molecule has 7 nitrogen and oxygen atoms in total. The van der Waals surface area contributed by atoms with Crippen molar-refractivity contribution in [3.63, 3.8) is 0 Å². The van der Waals surface area contributed by atoms with Crippen molar-refractivity contribution in [3.8, 4) is 5.69 Å². The monoisotopic (exact) mass is 553 g/mol. The van der Waals surface area contributed by atoms with Crippen molar-refractivity contribution in [1.29, 1.82) is 0 Å². The lowest BCUT2D eigenvalue weighted by molar-refractivity contribution is -0.119. The molecule has 2 aromatic carbocycles. The molecule has 2 aromatic heterocycles. The summed E-state index contributed by atoms with van der Waals surface area (Å²) in [5.41, 5.74) is 10.8. The van der Waals surface area contributed by atoms with Gasteiger partial charge in [-0.15, -0.1) is 0 Å². The maximum Gasteiger partial charge on any atom is 0.250 e. The highest BCUT2D eigenvalue weighted by atomic mass is 32.1. The summed E-state index contributed by atoms with van der Waals surface area (Å²) in [6.45, 7) is 10.6. The van der Waals surface area contributed by atoms with Crippen LogP contribution in [0.4, 0.5) is 11.4 Å². The van der Waals surface area contributed by atoms with Crippen LogP contribution in [0, 0.1) is 34.6 Å². The Hall–Kier alpha value is -4.01.